The van der Waals surface area contributed by atoms with E-state index in [1.165, 1.54) is 0 Å². The Labute approximate surface area is 79.6 Å². The van der Waals surface area contributed by atoms with Gasteiger partial charge in [0.15, 0.2) is 0 Å². The highest BCUT2D eigenvalue weighted by atomic mass is 19.4. The van der Waals surface area contributed by atoms with Gasteiger partial charge in [-0.2, -0.15) is 13.2 Å². The van der Waals surface area contributed by atoms with E-state index in [0.717, 1.165) is 12.8 Å². The summed E-state index contributed by atoms with van der Waals surface area (Å²) < 4.78 is 40.3. The summed E-state index contributed by atoms with van der Waals surface area (Å²) in [6.45, 7) is 0.681. The van der Waals surface area contributed by atoms with Gasteiger partial charge in [0.1, 0.15) is 0 Å². The van der Waals surface area contributed by atoms with E-state index in [4.69, 9.17) is 4.74 Å². The quantitative estimate of drug-likeness (QED) is 0.762. The highest BCUT2D eigenvalue weighted by molar-refractivity contribution is 5.81. The first kappa shape index (κ1) is 11.3. The van der Waals surface area contributed by atoms with Crippen LogP contribution in [0.1, 0.15) is 19.3 Å². The van der Waals surface area contributed by atoms with E-state index in [1.807, 2.05) is 0 Å². The molecule has 1 aliphatic heterocycles. The second-order valence-electron chi connectivity index (χ2n) is 3.18. The molecule has 1 aliphatic rings. The largest absolute Gasteiger partial charge is 0.471 e. The highest BCUT2D eigenvalue weighted by Gasteiger charge is 2.38. The molecule has 1 saturated heterocycles. The van der Waals surface area contributed by atoms with E-state index < -0.39 is 12.1 Å². The van der Waals surface area contributed by atoms with Crippen molar-refractivity contribution in [3.05, 3.63) is 0 Å². The van der Waals surface area contributed by atoms with Gasteiger partial charge in [-0.05, 0) is 19.3 Å². The Morgan fingerprint density at radius 2 is 2.21 bits per heavy atom. The molecule has 0 radical (unpaired) electrons. The van der Waals surface area contributed by atoms with E-state index in [-0.39, 0.29) is 12.6 Å². The van der Waals surface area contributed by atoms with Crippen molar-refractivity contribution in [1.82, 2.24) is 5.32 Å². The van der Waals surface area contributed by atoms with Gasteiger partial charge >= 0.3 is 12.1 Å². The molecule has 0 aromatic carbocycles. The standard InChI is InChI=1S/C8H12F3NO2/c9-8(10,11)7(13)12-4-3-6-2-1-5-14-6/h6H,1-5H2,(H,12,13). The number of halogens is 3. The molecule has 14 heavy (non-hydrogen) atoms. The number of alkyl halides is 3. The van der Waals surface area contributed by atoms with Crippen LogP contribution in [0.3, 0.4) is 0 Å². The Morgan fingerprint density at radius 3 is 2.71 bits per heavy atom. The lowest BCUT2D eigenvalue weighted by atomic mass is 10.2. The summed E-state index contributed by atoms with van der Waals surface area (Å²) in [5, 5.41) is 1.81. The number of hydrogen-bond acceptors (Lipinski definition) is 2. The Balaban J connectivity index is 2.11. The van der Waals surface area contributed by atoms with Crippen LogP contribution in [0.2, 0.25) is 0 Å². The maximum Gasteiger partial charge on any atom is 0.471 e. The molecule has 0 aliphatic carbocycles. The van der Waals surface area contributed by atoms with Gasteiger partial charge < -0.3 is 10.1 Å². The fraction of sp³-hybridized carbons (Fsp3) is 0.875. The molecule has 1 amide bonds. The number of carbonyl (C=O) groups is 1. The fourth-order valence-corrected chi connectivity index (χ4v) is 1.32. The zero-order valence-corrected chi connectivity index (χ0v) is 7.56. The first-order valence-electron chi connectivity index (χ1n) is 4.47. The lowest BCUT2D eigenvalue weighted by molar-refractivity contribution is -0.173. The molecular weight excluding hydrogens is 199 g/mol. The van der Waals surface area contributed by atoms with Crippen molar-refractivity contribution in [1.29, 1.82) is 0 Å². The molecule has 0 bridgehead atoms. The molecule has 0 aromatic rings. The van der Waals surface area contributed by atoms with Crippen LogP contribution in [0.25, 0.3) is 0 Å². The van der Waals surface area contributed by atoms with Gasteiger partial charge in [-0.1, -0.05) is 0 Å². The molecule has 0 spiro atoms. The maximum absolute atomic E-state index is 11.7. The number of ether oxygens (including phenoxy) is 1. The Morgan fingerprint density at radius 1 is 1.50 bits per heavy atom. The van der Waals surface area contributed by atoms with E-state index in [1.54, 1.807) is 5.32 Å². The maximum atomic E-state index is 11.7. The molecule has 1 heterocycles. The monoisotopic (exact) mass is 211 g/mol. The minimum Gasteiger partial charge on any atom is -0.378 e. The van der Waals surface area contributed by atoms with Crippen LogP contribution in [-0.2, 0) is 9.53 Å². The molecular formula is C8H12F3NO2. The molecule has 1 rings (SSSR count). The number of hydrogen-bond donors (Lipinski definition) is 1. The molecule has 1 fully saturated rings. The zero-order chi connectivity index (χ0) is 10.6. The topological polar surface area (TPSA) is 38.3 Å². The summed E-state index contributed by atoms with van der Waals surface area (Å²) in [6, 6.07) is 0. The molecule has 0 aromatic heterocycles. The molecule has 3 nitrogen and oxygen atoms in total. The van der Waals surface area contributed by atoms with Crippen LogP contribution in [0.5, 0.6) is 0 Å². The molecule has 0 saturated carbocycles. The van der Waals surface area contributed by atoms with Crippen molar-refractivity contribution in [2.75, 3.05) is 13.2 Å². The lowest BCUT2D eigenvalue weighted by Gasteiger charge is -2.11. The minimum atomic E-state index is -4.78. The van der Waals surface area contributed by atoms with Gasteiger partial charge in [-0.3, -0.25) is 4.79 Å². The predicted molar refractivity (Wildman–Crippen MR) is 42.7 cm³/mol. The molecule has 6 heteroatoms. The number of carbonyl (C=O) groups excluding carboxylic acids is 1. The van der Waals surface area contributed by atoms with Crippen LogP contribution in [0.15, 0.2) is 0 Å². The average Bonchev–Trinajstić information content (AvgIpc) is 2.55. The van der Waals surface area contributed by atoms with Gasteiger partial charge in [0.2, 0.25) is 0 Å². The van der Waals surface area contributed by atoms with Crippen LogP contribution in [0, 0.1) is 0 Å². The summed E-state index contributed by atoms with van der Waals surface area (Å²) in [7, 11) is 0. The van der Waals surface area contributed by atoms with Gasteiger partial charge in [-0.15, -0.1) is 0 Å². The van der Waals surface area contributed by atoms with E-state index >= 15 is 0 Å². The smallest absolute Gasteiger partial charge is 0.378 e. The van der Waals surface area contributed by atoms with Gasteiger partial charge in [0.25, 0.3) is 0 Å². The second kappa shape index (κ2) is 4.63. The zero-order valence-electron chi connectivity index (χ0n) is 7.56. The first-order chi connectivity index (χ1) is 6.50. The Kier molecular flexibility index (Phi) is 3.74. The van der Waals surface area contributed by atoms with Crippen LogP contribution in [0.4, 0.5) is 13.2 Å². The van der Waals surface area contributed by atoms with Crippen LogP contribution < -0.4 is 5.32 Å². The number of nitrogens with one attached hydrogen (secondary N) is 1. The Bertz CT molecular complexity index is 199. The van der Waals surface area contributed by atoms with Crippen LogP contribution in [-0.4, -0.2) is 31.3 Å². The van der Waals surface area contributed by atoms with Gasteiger partial charge in [0, 0.05) is 13.2 Å². The lowest BCUT2D eigenvalue weighted by Crippen LogP contribution is -2.38. The van der Waals surface area contributed by atoms with Crippen molar-refractivity contribution in [2.24, 2.45) is 0 Å². The molecule has 82 valence electrons. The Hall–Kier alpha value is -0.780. The van der Waals surface area contributed by atoms with Crippen molar-refractivity contribution in [3.63, 3.8) is 0 Å². The van der Waals surface area contributed by atoms with Crippen molar-refractivity contribution in [2.45, 2.75) is 31.5 Å². The van der Waals surface area contributed by atoms with Gasteiger partial charge in [-0.25, -0.2) is 0 Å². The fourth-order valence-electron chi connectivity index (χ4n) is 1.32. The third-order valence-electron chi connectivity index (χ3n) is 2.03. The third kappa shape index (κ3) is 3.53. The number of rotatable bonds is 3. The van der Waals surface area contributed by atoms with E-state index in [9.17, 15) is 18.0 Å². The van der Waals surface area contributed by atoms with Crippen molar-refractivity contribution >= 4 is 5.91 Å². The summed E-state index contributed by atoms with van der Waals surface area (Å²) in [4.78, 5) is 10.4. The van der Waals surface area contributed by atoms with E-state index in [0.29, 0.717) is 13.0 Å². The normalized spacial score (nSPS) is 22.4. The average molecular weight is 211 g/mol. The summed E-state index contributed by atoms with van der Waals surface area (Å²) >= 11 is 0. The minimum absolute atomic E-state index is 0.00327. The number of amides is 1. The SMILES string of the molecule is O=C(NCCC1CCCO1)C(F)(F)F. The molecule has 1 unspecified atom stereocenters. The summed E-state index contributed by atoms with van der Waals surface area (Å²) in [5.41, 5.74) is 0. The molecule has 1 atom stereocenters. The first-order valence-corrected chi connectivity index (χ1v) is 4.47. The highest BCUT2D eigenvalue weighted by Crippen LogP contribution is 2.16. The summed E-state index contributed by atoms with van der Waals surface area (Å²) in [5.74, 6) is -1.88. The van der Waals surface area contributed by atoms with Crippen molar-refractivity contribution in [3.8, 4) is 0 Å². The second-order valence-corrected chi connectivity index (χ2v) is 3.18. The van der Waals surface area contributed by atoms with Crippen LogP contribution >= 0.6 is 0 Å². The van der Waals surface area contributed by atoms with E-state index in [2.05, 4.69) is 0 Å². The predicted octanol–water partition coefficient (Wildman–Crippen LogP) is 1.23. The van der Waals surface area contributed by atoms with Gasteiger partial charge in [0.05, 0.1) is 6.10 Å². The summed E-state index contributed by atoms with van der Waals surface area (Å²) in [6.07, 6.45) is -2.53. The van der Waals surface area contributed by atoms with Crippen molar-refractivity contribution < 1.29 is 22.7 Å². The third-order valence-corrected chi connectivity index (χ3v) is 2.03. The molecule has 1 N–H and O–H groups in total.